The number of nitrogens with zero attached hydrogens (tertiary/aromatic N) is 1. The minimum Gasteiger partial charge on any atom is -0.467 e. The average molecular weight is 402 g/mol. The number of methoxy groups -OCH3 is 1. The molecule has 0 unspecified atom stereocenters. The fraction of sp³-hybridized carbons (Fsp3) is 0.0870. The number of fused-ring (bicyclic) bond motifs is 1. The lowest BCUT2D eigenvalue weighted by molar-refractivity contribution is -0.143. The molecule has 1 N–H and O–H groups in total. The molecular weight excluding hydrogens is 384 g/mol. The van der Waals surface area contributed by atoms with E-state index in [0.29, 0.717) is 16.8 Å². The number of nitrogens with one attached hydrogen (secondary N) is 1. The first kappa shape index (κ1) is 18.8. The molecule has 2 aromatic carbocycles. The Morgan fingerprint density at radius 2 is 1.79 bits per heavy atom. The number of thiophene rings is 1. The van der Waals surface area contributed by atoms with E-state index in [9.17, 15) is 9.59 Å². The molecule has 2 heterocycles. The molecule has 144 valence electrons. The maximum Gasteiger partial charge on any atom is 0.333 e. The first-order valence-electron chi connectivity index (χ1n) is 9.03. The summed E-state index contributed by atoms with van der Waals surface area (Å²) in [4.78, 5) is 30.3. The molecule has 0 bridgehead atoms. The number of carbonyl (C=O) groups excluding carboxylic acids is 2. The number of ether oxygens (including phenoxy) is 1. The lowest BCUT2D eigenvalue weighted by atomic mass is 10.0. The highest BCUT2D eigenvalue weighted by Gasteiger charge is 2.25. The Kier molecular flexibility index (Phi) is 5.35. The van der Waals surface area contributed by atoms with Crippen LogP contribution in [0, 0.1) is 0 Å². The molecule has 2 aromatic heterocycles. The number of carbonyl (C=O) groups is 2. The van der Waals surface area contributed by atoms with Crippen LogP contribution in [0.15, 0.2) is 77.5 Å². The summed E-state index contributed by atoms with van der Waals surface area (Å²) in [6.07, 6.45) is 0. The number of esters is 1. The van der Waals surface area contributed by atoms with Crippen LogP contribution in [0.3, 0.4) is 0 Å². The second-order valence-electron chi connectivity index (χ2n) is 6.42. The van der Waals surface area contributed by atoms with Crippen molar-refractivity contribution in [3.8, 4) is 11.3 Å². The maximum atomic E-state index is 13.2. The van der Waals surface area contributed by atoms with Crippen LogP contribution < -0.4 is 5.32 Å². The van der Waals surface area contributed by atoms with Crippen molar-refractivity contribution in [3.05, 3.63) is 88.6 Å². The molecule has 0 spiro atoms. The topological polar surface area (TPSA) is 68.3 Å². The molecule has 4 aromatic rings. The fourth-order valence-corrected chi connectivity index (χ4v) is 3.82. The van der Waals surface area contributed by atoms with Crippen molar-refractivity contribution in [1.29, 1.82) is 0 Å². The van der Waals surface area contributed by atoms with Crippen molar-refractivity contribution in [1.82, 2.24) is 10.3 Å². The summed E-state index contributed by atoms with van der Waals surface area (Å²) in [6.45, 7) is 0. The lowest BCUT2D eigenvalue weighted by Crippen LogP contribution is -2.34. The molecule has 0 fully saturated rings. The zero-order chi connectivity index (χ0) is 20.2. The van der Waals surface area contributed by atoms with Gasteiger partial charge in [0.1, 0.15) is 0 Å². The summed E-state index contributed by atoms with van der Waals surface area (Å²) >= 11 is 1.57. The van der Waals surface area contributed by atoms with Crippen LogP contribution in [0.25, 0.3) is 22.2 Å². The average Bonchev–Trinajstić information content (AvgIpc) is 3.31. The quantitative estimate of drug-likeness (QED) is 0.495. The second kappa shape index (κ2) is 8.24. The minimum absolute atomic E-state index is 0.362. The van der Waals surface area contributed by atoms with Crippen molar-refractivity contribution in [3.63, 3.8) is 0 Å². The van der Waals surface area contributed by atoms with Gasteiger partial charge in [0.25, 0.3) is 5.91 Å². The lowest BCUT2D eigenvalue weighted by Gasteiger charge is -2.18. The van der Waals surface area contributed by atoms with Gasteiger partial charge in [-0.15, -0.1) is 0 Å². The van der Waals surface area contributed by atoms with Crippen molar-refractivity contribution >= 4 is 34.1 Å². The smallest absolute Gasteiger partial charge is 0.333 e. The number of benzene rings is 2. The van der Waals surface area contributed by atoms with Crippen molar-refractivity contribution < 1.29 is 14.3 Å². The summed E-state index contributed by atoms with van der Waals surface area (Å²) in [5.41, 5.74) is 3.49. The van der Waals surface area contributed by atoms with Gasteiger partial charge in [-0.1, -0.05) is 48.5 Å². The Morgan fingerprint density at radius 3 is 2.52 bits per heavy atom. The van der Waals surface area contributed by atoms with Gasteiger partial charge in [-0.2, -0.15) is 11.3 Å². The minimum atomic E-state index is -0.898. The predicted octanol–water partition coefficient (Wildman–Crippen LogP) is 4.61. The standard InChI is InChI=1S/C23H18N2O3S/c1-28-23(27)21(15-7-3-2-4-8-15)25-22(26)18-13-20(16-11-12-29-14-16)24-19-10-6-5-9-17(18)19/h2-14,21H,1H3,(H,25,26)/t21-/m1/s1. The van der Waals surface area contributed by atoms with E-state index < -0.39 is 12.0 Å². The van der Waals surface area contributed by atoms with E-state index >= 15 is 0 Å². The van der Waals surface area contributed by atoms with E-state index in [-0.39, 0.29) is 5.91 Å². The van der Waals surface area contributed by atoms with E-state index in [1.54, 1.807) is 29.5 Å². The Morgan fingerprint density at radius 1 is 1.03 bits per heavy atom. The highest BCUT2D eigenvalue weighted by atomic mass is 32.1. The van der Waals surface area contributed by atoms with Crippen LogP contribution in [0.1, 0.15) is 22.0 Å². The van der Waals surface area contributed by atoms with Crippen LogP contribution in [0.5, 0.6) is 0 Å². The van der Waals surface area contributed by atoms with Crippen molar-refractivity contribution in [2.24, 2.45) is 0 Å². The van der Waals surface area contributed by atoms with Gasteiger partial charge in [-0.3, -0.25) is 4.79 Å². The van der Waals surface area contributed by atoms with Gasteiger partial charge in [0.15, 0.2) is 6.04 Å². The van der Waals surface area contributed by atoms with E-state index in [2.05, 4.69) is 10.3 Å². The van der Waals surface area contributed by atoms with Gasteiger partial charge in [0, 0.05) is 16.3 Å². The van der Waals surface area contributed by atoms with Gasteiger partial charge in [0.2, 0.25) is 0 Å². The number of hydrogen-bond acceptors (Lipinski definition) is 5. The third-order valence-electron chi connectivity index (χ3n) is 4.62. The fourth-order valence-electron chi connectivity index (χ4n) is 3.17. The van der Waals surface area contributed by atoms with Gasteiger partial charge < -0.3 is 10.1 Å². The molecule has 5 nitrogen and oxygen atoms in total. The zero-order valence-electron chi connectivity index (χ0n) is 15.7. The number of pyridine rings is 1. The monoisotopic (exact) mass is 402 g/mol. The van der Waals surface area contributed by atoms with Gasteiger partial charge in [-0.25, -0.2) is 9.78 Å². The summed E-state index contributed by atoms with van der Waals surface area (Å²) < 4.78 is 4.91. The SMILES string of the molecule is COC(=O)[C@H](NC(=O)c1cc(-c2ccsc2)nc2ccccc12)c1ccccc1. The van der Waals surface area contributed by atoms with E-state index in [4.69, 9.17) is 4.74 Å². The van der Waals surface area contributed by atoms with Crippen LogP contribution in [-0.4, -0.2) is 24.0 Å². The van der Waals surface area contributed by atoms with Crippen LogP contribution in [0.4, 0.5) is 0 Å². The Labute approximate surface area is 172 Å². The first-order chi connectivity index (χ1) is 14.2. The van der Waals surface area contributed by atoms with Crippen LogP contribution in [0.2, 0.25) is 0 Å². The van der Waals surface area contributed by atoms with E-state index in [0.717, 1.165) is 16.5 Å². The zero-order valence-corrected chi connectivity index (χ0v) is 16.5. The van der Waals surface area contributed by atoms with Crippen molar-refractivity contribution in [2.75, 3.05) is 7.11 Å². The molecule has 4 rings (SSSR count). The Hall–Kier alpha value is -3.51. The highest BCUT2D eigenvalue weighted by Crippen LogP contribution is 2.27. The van der Waals surface area contributed by atoms with E-state index in [1.807, 2.05) is 59.3 Å². The predicted molar refractivity (Wildman–Crippen MR) is 114 cm³/mol. The molecule has 1 amide bonds. The molecule has 0 radical (unpaired) electrons. The number of hydrogen-bond donors (Lipinski definition) is 1. The van der Waals surface area contributed by atoms with Gasteiger partial charge in [0.05, 0.1) is 23.9 Å². The molecule has 0 saturated heterocycles. The first-order valence-corrected chi connectivity index (χ1v) is 9.97. The molecule has 29 heavy (non-hydrogen) atoms. The summed E-state index contributed by atoms with van der Waals surface area (Å²) in [7, 11) is 1.31. The third-order valence-corrected chi connectivity index (χ3v) is 5.31. The number of aromatic nitrogens is 1. The molecule has 1 atom stereocenters. The third kappa shape index (κ3) is 3.88. The molecule has 0 saturated carbocycles. The summed E-state index contributed by atoms with van der Waals surface area (Å²) in [5, 5.41) is 7.50. The number of amides is 1. The largest absolute Gasteiger partial charge is 0.467 e. The normalized spacial score (nSPS) is 11.8. The Bertz CT molecular complexity index is 1160. The molecule has 0 aliphatic rings. The van der Waals surface area contributed by atoms with Gasteiger partial charge in [-0.05, 0) is 29.1 Å². The van der Waals surface area contributed by atoms with Crippen LogP contribution >= 0.6 is 11.3 Å². The highest BCUT2D eigenvalue weighted by molar-refractivity contribution is 7.08. The summed E-state index contributed by atoms with van der Waals surface area (Å²) in [5.74, 6) is -0.889. The Balaban J connectivity index is 1.77. The number of rotatable bonds is 5. The van der Waals surface area contributed by atoms with Crippen molar-refractivity contribution in [2.45, 2.75) is 6.04 Å². The van der Waals surface area contributed by atoms with Gasteiger partial charge >= 0.3 is 5.97 Å². The molecule has 0 aliphatic heterocycles. The molecule has 6 heteroatoms. The molecular formula is C23H18N2O3S. The van der Waals surface area contributed by atoms with E-state index in [1.165, 1.54) is 7.11 Å². The second-order valence-corrected chi connectivity index (χ2v) is 7.20. The number of para-hydroxylation sites is 1. The van der Waals surface area contributed by atoms with Crippen LogP contribution in [-0.2, 0) is 9.53 Å². The maximum absolute atomic E-state index is 13.2. The summed E-state index contributed by atoms with van der Waals surface area (Å²) in [6, 6.07) is 19.3. The molecule has 0 aliphatic carbocycles.